The fraction of sp³-hybridized carbons (Fsp3) is 0. The van der Waals surface area contributed by atoms with Crippen LogP contribution in [0, 0.1) is 0 Å². The fourth-order valence-electron chi connectivity index (χ4n) is 2.07. The number of rotatable bonds is 5. The smallest absolute Gasteiger partial charge is 0.336 e. The van der Waals surface area contributed by atoms with Crippen molar-refractivity contribution in [3.05, 3.63) is 64.7 Å². The van der Waals surface area contributed by atoms with Crippen molar-refractivity contribution in [2.24, 2.45) is 5.73 Å². The minimum absolute atomic E-state index is 0.370. The number of amides is 2. The number of nitrogens with one attached hydrogen (secondary N) is 1. The van der Waals surface area contributed by atoms with Crippen LogP contribution in [-0.4, -0.2) is 34.0 Å². The molecule has 0 fully saturated rings. The molecule has 0 aliphatic heterocycles. The van der Waals surface area contributed by atoms with Crippen LogP contribution in [0.4, 0.5) is 5.69 Å². The Balaban J connectivity index is 2.57. The van der Waals surface area contributed by atoms with E-state index >= 15 is 0 Å². The van der Waals surface area contributed by atoms with Gasteiger partial charge in [0.05, 0.1) is 22.3 Å². The maximum atomic E-state index is 12.3. The number of hydrogen-bond acceptors (Lipinski definition) is 4. The molecule has 0 radical (unpaired) electrons. The van der Waals surface area contributed by atoms with Gasteiger partial charge in [0.25, 0.3) is 5.91 Å². The summed E-state index contributed by atoms with van der Waals surface area (Å²) in [7, 11) is 0. The van der Waals surface area contributed by atoms with Gasteiger partial charge in [0.15, 0.2) is 0 Å². The summed E-state index contributed by atoms with van der Waals surface area (Å²) in [4.78, 5) is 46.3. The molecule has 8 nitrogen and oxygen atoms in total. The number of hydrogen-bond donors (Lipinski definition) is 4. The first kappa shape index (κ1) is 16.7. The molecule has 0 aliphatic carbocycles. The predicted molar refractivity (Wildman–Crippen MR) is 83.3 cm³/mol. The van der Waals surface area contributed by atoms with E-state index in [0.29, 0.717) is 5.69 Å². The third-order valence-electron chi connectivity index (χ3n) is 3.16. The molecule has 0 atom stereocenters. The van der Waals surface area contributed by atoms with Gasteiger partial charge in [-0.25, -0.2) is 9.59 Å². The highest BCUT2D eigenvalue weighted by molar-refractivity contribution is 6.14. The Labute approximate surface area is 135 Å². The summed E-state index contributed by atoms with van der Waals surface area (Å²) in [5, 5.41) is 20.8. The molecular weight excluding hydrogens is 316 g/mol. The van der Waals surface area contributed by atoms with Crippen LogP contribution in [0.5, 0.6) is 0 Å². The van der Waals surface area contributed by atoms with Crippen molar-refractivity contribution in [3.63, 3.8) is 0 Å². The van der Waals surface area contributed by atoms with Crippen molar-refractivity contribution in [2.75, 3.05) is 5.32 Å². The average molecular weight is 328 g/mol. The van der Waals surface area contributed by atoms with Gasteiger partial charge < -0.3 is 21.3 Å². The number of carbonyl (C=O) groups is 4. The Hall–Kier alpha value is -3.68. The van der Waals surface area contributed by atoms with Crippen molar-refractivity contribution in [2.45, 2.75) is 0 Å². The largest absolute Gasteiger partial charge is 0.478 e. The molecule has 0 aliphatic rings. The lowest BCUT2D eigenvalue weighted by molar-refractivity contribution is 0.0689. The maximum absolute atomic E-state index is 12.3. The molecular formula is C16H12N2O6. The molecule has 0 unspecified atom stereocenters. The number of para-hydroxylation sites is 1. The topological polar surface area (TPSA) is 147 Å². The van der Waals surface area contributed by atoms with Crippen LogP contribution in [0.3, 0.4) is 0 Å². The molecule has 5 N–H and O–H groups in total. The summed E-state index contributed by atoms with van der Waals surface area (Å²) in [6, 6.07) is 9.83. The summed E-state index contributed by atoms with van der Waals surface area (Å²) in [5.41, 5.74) is 3.56. The number of benzene rings is 2. The summed E-state index contributed by atoms with van der Waals surface area (Å²) in [5.74, 6) is -4.93. The quantitative estimate of drug-likeness (QED) is 0.653. The van der Waals surface area contributed by atoms with Crippen LogP contribution in [0.15, 0.2) is 42.5 Å². The monoisotopic (exact) mass is 328 g/mol. The number of aromatic carboxylic acids is 2. The van der Waals surface area contributed by atoms with E-state index in [1.165, 1.54) is 0 Å². The van der Waals surface area contributed by atoms with Crippen LogP contribution in [0.25, 0.3) is 0 Å². The summed E-state index contributed by atoms with van der Waals surface area (Å²) < 4.78 is 0. The van der Waals surface area contributed by atoms with Crippen LogP contribution in [0.2, 0.25) is 0 Å². The van der Waals surface area contributed by atoms with E-state index in [-0.39, 0.29) is 5.56 Å². The lowest BCUT2D eigenvalue weighted by Crippen LogP contribution is -2.22. The lowest BCUT2D eigenvalue weighted by atomic mass is 9.97. The van der Waals surface area contributed by atoms with E-state index in [0.717, 1.165) is 12.1 Å². The second-order valence-corrected chi connectivity index (χ2v) is 4.74. The fourth-order valence-corrected chi connectivity index (χ4v) is 2.07. The Morgan fingerprint density at radius 3 is 1.79 bits per heavy atom. The van der Waals surface area contributed by atoms with Gasteiger partial charge in [-0.15, -0.1) is 0 Å². The normalized spacial score (nSPS) is 10.0. The van der Waals surface area contributed by atoms with Crippen molar-refractivity contribution in [3.8, 4) is 0 Å². The minimum atomic E-state index is -1.53. The number of carboxylic acid groups (broad SMARTS) is 2. The van der Waals surface area contributed by atoms with Gasteiger partial charge in [0.1, 0.15) is 0 Å². The molecule has 2 aromatic carbocycles. The second kappa shape index (κ2) is 6.61. The summed E-state index contributed by atoms with van der Waals surface area (Å²) >= 11 is 0. The highest BCUT2D eigenvalue weighted by Gasteiger charge is 2.24. The third kappa shape index (κ3) is 3.38. The zero-order valence-corrected chi connectivity index (χ0v) is 12.1. The molecule has 0 saturated carbocycles. The van der Waals surface area contributed by atoms with Gasteiger partial charge in [0, 0.05) is 5.69 Å². The number of carboxylic acids is 2. The van der Waals surface area contributed by atoms with Crippen molar-refractivity contribution < 1.29 is 29.4 Å². The van der Waals surface area contributed by atoms with Crippen LogP contribution < -0.4 is 11.1 Å². The zero-order valence-electron chi connectivity index (χ0n) is 12.1. The first-order valence-corrected chi connectivity index (χ1v) is 6.62. The second-order valence-electron chi connectivity index (χ2n) is 4.74. The highest BCUT2D eigenvalue weighted by Crippen LogP contribution is 2.19. The van der Waals surface area contributed by atoms with Gasteiger partial charge in [-0.1, -0.05) is 18.2 Å². The van der Waals surface area contributed by atoms with Gasteiger partial charge in [-0.2, -0.15) is 0 Å². The first-order chi connectivity index (χ1) is 11.3. The minimum Gasteiger partial charge on any atom is -0.478 e. The van der Waals surface area contributed by atoms with Crippen LogP contribution in [-0.2, 0) is 0 Å². The SMILES string of the molecule is NC(=O)c1cc(C(=O)Nc2ccccc2)c(C(=O)O)cc1C(=O)O. The van der Waals surface area contributed by atoms with E-state index in [9.17, 15) is 24.3 Å². The van der Waals surface area contributed by atoms with Gasteiger partial charge in [0.2, 0.25) is 5.91 Å². The first-order valence-electron chi connectivity index (χ1n) is 6.62. The molecule has 0 bridgehead atoms. The summed E-state index contributed by atoms with van der Waals surface area (Å²) in [6.07, 6.45) is 0. The molecule has 122 valence electrons. The molecule has 24 heavy (non-hydrogen) atoms. The maximum Gasteiger partial charge on any atom is 0.336 e. The molecule has 0 spiro atoms. The Bertz CT molecular complexity index is 845. The Morgan fingerprint density at radius 2 is 1.29 bits per heavy atom. The Morgan fingerprint density at radius 1 is 0.792 bits per heavy atom. The lowest BCUT2D eigenvalue weighted by Gasteiger charge is -2.11. The zero-order chi connectivity index (χ0) is 17.9. The molecule has 0 saturated heterocycles. The highest BCUT2D eigenvalue weighted by atomic mass is 16.4. The molecule has 0 heterocycles. The average Bonchev–Trinajstić information content (AvgIpc) is 2.54. The van der Waals surface area contributed by atoms with Crippen molar-refractivity contribution >= 4 is 29.4 Å². The molecule has 2 amide bonds. The predicted octanol–water partition coefficient (Wildman–Crippen LogP) is 1.43. The molecule has 0 aromatic heterocycles. The third-order valence-corrected chi connectivity index (χ3v) is 3.16. The van der Waals surface area contributed by atoms with E-state index in [1.54, 1.807) is 30.3 Å². The van der Waals surface area contributed by atoms with E-state index in [4.69, 9.17) is 10.8 Å². The Kier molecular flexibility index (Phi) is 4.60. The number of carbonyl (C=O) groups excluding carboxylic acids is 2. The van der Waals surface area contributed by atoms with E-state index in [2.05, 4.69) is 5.32 Å². The van der Waals surface area contributed by atoms with Gasteiger partial charge in [-0.05, 0) is 24.3 Å². The molecule has 2 aromatic rings. The van der Waals surface area contributed by atoms with Gasteiger partial charge >= 0.3 is 11.9 Å². The van der Waals surface area contributed by atoms with Crippen LogP contribution in [0.1, 0.15) is 41.4 Å². The van der Waals surface area contributed by atoms with E-state index < -0.39 is 40.4 Å². The number of nitrogens with two attached hydrogens (primary N) is 1. The molecule has 8 heteroatoms. The molecule has 2 rings (SSSR count). The number of primary amides is 1. The van der Waals surface area contributed by atoms with Crippen molar-refractivity contribution in [1.29, 1.82) is 0 Å². The van der Waals surface area contributed by atoms with Crippen LogP contribution >= 0.6 is 0 Å². The standard InChI is InChI=1S/C16H12N2O6/c17-13(19)9-6-10(12(16(23)24)7-11(9)15(21)22)14(20)18-8-4-2-1-3-5-8/h1-7H,(H2,17,19)(H,18,20)(H,21,22)(H,23,24). The van der Waals surface area contributed by atoms with Crippen molar-refractivity contribution in [1.82, 2.24) is 0 Å². The number of anilines is 1. The summed E-state index contributed by atoms with van der Waals surface area (Å²) in [6.45, 7) is 0. The van der Waals surface area contributed by atoms with E-state index in [1.807, 2.05) is 0 Å². The van der Waals surface area contributed by atoms with Gasteiger partial charge in [-0.3, -0.25) is 9.59 Å².